The smallest absolute Gasteiger partial charge is 0.191 e. The minimum Gasteiger partial charge on any atom is -0.497 e. The minimum absolute atomic E-state index is 0. The van der Waals surface area contributed by atoms with E-state index < -0.39 is 0 Å². The molecule has 2 N–H and O–H groups in total. The summed E-state index contributed by atoms with van der Waals surface area (Å²) < 4.78 is 5.26. The lowest BCUT2D eigenvalue weighted by Crippen LogP contribution is -2.47. The lowest BCUT2D eigenvalue weighted by molar-refractivity contribution is 0.178. The van der Waals surface area contributed by atoms with Crippen LogP contribution >= 0.6 is 24.0 Å². The molecule has 2 aliphatic heterocycles. The molecule has 3 aliphatic rings. The van der Waals surface area contributed by atoms with E-state index in [4.69, 9.17) is 4.74 Å². The molecule has 0 radical (unpaired) electrons. The summed E-state index contributed by atoms with van der Waals surface area (Å²) in [6, 6.07) is 9.85. The summed E-state index contributed by atoms with van der Waals surface area (Å²) in [5, 5.41) is 7.30. The Balaban J connectivity index is 0.00000289. The lowest BCUT2D eigenvalue weighted by atomic mass is 9.96. The van der Waals surface area contributed by atoms with Crippen LogP contribution in [0.15, 0.2) is 29.3 Å². The number of likely N-dealkylation sites (tertiary alicyclic amines) is 2. The first kappa shape index (κ1) is 25.6. The molecule has 7 heteroatoms. The standard InChI is InChI=1S/C25H41N5O.HI/c1-26-25(28-22-13-16-30(19-22)23-5-3-4-6-23)27-17-20-11-14-29(15-12-20)18-21-7-9-24(31-2)10-8-21;/h7-10,20,22-23H,3-6,11-19H2,1-2H3,(H2,26,27,28);1H. The number of aliphatic imine (C=N–C) groups is 1. The summed E-state index contributed by atoms with van der Waals surface area (Å²) in [5.41, 5.74) is 1.37. The summed E-state index contributed by atoms with van der Waals surface area (Å²) in [5.74, 6) is 2.64. The fraction of sp³-hybridized carbons (Fsp3) is 0.720. The summed E-state index contributed by atoms with van der Waals surface area (Å²) >= 11 is 0. The largest absolute Gasteiger partial charge is 0.497 e. The number of piperidine rings is 1. The summed E-state index contributed by atoms with van der Waals surface area (Å²) in [6.45, 7) is 6.81. The van der Waals surface area contributed by atoms with Gasteiger partial charge in [-0.2, -0.15) is 0 Å². The van der Waals surface area contributed by atoms with Gasteiger partial charge in [0.15, 0.2) is 5.96 Å². The van der Waals surface area contributed by atoms with E-state index in [1.165, 1.54) is 76.7 Å². The quantitative estimate of drug-likeness (QED) is 0.306. The first-order chi connectivity index (χ1) is 15.2. The number of methoxy groups -OCH3 is 1. The maximum absolute atomic E-state index is 5.26. The average molecular weight is 556 g/mol. The van der Waals surface area contributed by atoms with Crippen molar-refractivity contribution in [2.75, 3.05) is 46.9 Å². The Bertz CT molecular complexity index is 699. The number of rotatable bonds is 7. The molecule has 1 aliphatic carbocycles. The van der Waals surface area contributed by atoms with Gasteiger partial charge < -0.3 is 15.4 Å². The highest BCUT2D eigenvalue weighted by Gasteiger charge is 2.30. The SMILES string of the molecule is CN=C(NCC1CCN(Cc2ccc(OC)cc2)CC1)NC1CCN(C2CCCC2)C1.I. The second-order valence-corrected chi connectivity index (χ2v) is 9.58. The van der Waals surface area contributed by atoms with Crippen LogP contribution in [-0.4, -0.2) is 74.7 Å². The van der Waals surface area contributed by atoms with Gasteiger partial charge in [-0.25, -0.2) is 0 Å². The molecule has 2 saturated heterocycles. The first-order valence-corrected chi connectivity index (χ1v) is 12.3. The zero-order valence-corrected chi connectivity index (χ0v) is 22.2. The van der Waals surface area contributed by atoms with Crippen molar-refractivity contribution in [3.05, 3.63) is 29.8 Å². The number of nitrogens with one attached hydrogen (secondary N) is 2. The van der Waals surface area contributed by atoms with Crippen LogP contribution in [0.4, 0.5) is 0 Å². The lowest BCUT2D eigenvalue weighted by Gasteiger charge is -2.32. The van der Waals surface area contributed by atoms with Crippen LogP contribution in [0.1, 0.15) is 50.5 Å². The molecule has 1 aromatic carbocycles. The zero-order valence-electron chi connectivity index (χ0n) is 19.9. The number of hydrogen-bond donors (Lipinski definition) is 2. The molecule has 2 heterocycles. The molecule has 1 atom stereocenters. The van der Waals surface area contributed by atoms with Crippen molar-refractivity contribution in [2.45, 2.75) is 63.6 Å². The third kappa shape index (κ3) is 7.22. The maximum Gasteiger partial charge on any atom is 0.191 e. The predicted molar refractivity (Wildman–Crippen MR) is 143 cm³/mol. The fourth-order valence-corrected chi connectivity index (χ4v) is 5.47. The summed E-state index contributed by atoms with van der Waals surface area (Å²) in [6.07, 6.45) is 9.37. The van der Waals surface area contributed by atoms with Gasteiger partial charge in [0.05, 0.1) is 7.11 Å². The Morgan fingerprint density at radius 3 is 2.41 bits per heavy atom. The van der Waals surface area contributed by atoms with E-state index >= 15 is 0 Å². The van der Waals surface area contributed by atoms with Gasteiger partial charge in [-0.05, 0) is 68.8 Å². The molecule has 0 spiro atoms. The third-order valence-corrected chi connectivity index (χ3v) is 7.46. The van der Waals surface area contributed by atoms with Crippen molar-refractivity contribution in [1.82, 2.24) is 20.4 Å². The van der Waals surface area contributed by atoms with E-state index in [1.807, 2.05) is 7.05 Å². The second kappa shape index (κ2) is 13.0. The van der Waals surface area contributed by atoms with Gasteiger partial charge in [-0.1, -0.05) is 25.0 Å². The molecular weight excluding hydrogens is 513 g/mol. The molecular formula is C25H42IN5O. The van der Waals surface area contributed by atoms with Gasteiger partial charge >= 0.3 is 0 Å². The molecule has 6 nitrogen and oxygen atoms in total. The van der Waals surface area contributed by atoms with Gasteiger partial charge in [0.1, 0.15) is 5.75 Å². The van der Waals surface area contributed by atoms with Crippen LogP contribution in [0.5, 0.6) is 5.75 Å². The van der Waals surface area contributed by atoms with Crippen LogP contribution in [0.25, 0.3) is 0 Å². The van der Waals surface area contributed by atoms with E-state index in [2.05, 4.69) is 49.7 Å². The Morgan fingerprint density at radius 1 is 1.03 bits per heavy atom. The molecule has 32 heavy (non-hydrogen) atoms. The first-order valence-electron chi connectivity index (χ1n) is 12.3. The fourth-order valence-electron chi connectivity index (χ4n) is 5.47. The van der Waals surface area contributed by atoms with Gasteiger partial charge in [0, 0.05) is 45.3 Å². The van der Waals surface area contributed by atoms with Crippen molar-refractivity contribution in [1.29, 1.82) is 0 Å². The number of ether oxygens (including phenoxy) is 1. The van der Waals surface area contributed by atoms with Gasteiger partial charge in [0.25, 0.3) is 0 Å². The molecule has 1 unspecified atom stereocenters. The summed E-state index contributed by atoms with van der Waals surface area (Å²) in [4.78, 5) is 9.77. The number of hydrogen-bond acceptors (Lipinski definition) is 4. The highest BCUT2D eigenvalue weighted by atomic mass is 127. The van der Waals surface area contributed by atoms with Crippen LogP contribution in [-0.2, 0) is 6.54 Å². The van der Waals surface area contributed by atoms with Gasteiger partial charge in [0.2, 0.25) is 0 Å². The minimum atomic E-state index is 0. The highest BCUT2D eigenvalue weighted by Crippen LogP contribution is 2.26. The van der Waals surface area contributed by atoms with Crippen molar-refractivity contribution in [3.63, 3.8) is 0 Å². The topological polar surface area (TPSA) is 52.1 Å². The Kier molecular flexibility index (Phi) is 10.4. The molecule has 0 bridgehead atoms. The van der Waals surface area contributed by atoms with E-state index in [-0.39, 0.29) is 24.0 Å². The van der Waals surface area contributed by atoms with Crippen LogP contribution in [0, 0.1) is 5.92 Å². The van der Waals surface area contributed by atoms with Crippen molar-refractivity contribution >= 4 is 29.9 Å². The number of guanidine groups is 1. The number of benzene rings is 1. The van der Waals surface area contributed by atoms with E-state index in [9.17, 15) is 0 Å². The molecule has 180 valence electrons. The van der Waals surface area contributed by atoms with Crippen LogP contribution < -0.4 is 15.4 Å². The third-order valence-electron chi connectivity index (χ3n) is 7.46. The van der Waals surface area contributed by atoms with E-state index in [0.29, 0.717) is 6.04 Å². The van der Waals surface area contributed by atoms with Crippen molar-refractivity contribution < 1.29 is 4.74 Å². The monoisotopic (exact) mass is 555 g/mol. The Morgan fingerprint density at radius 2 is 1.75 bits per heavy atom. The maximum atomic E-state index is 5.26. The highest BCUT2D eigenvalue weighted by molar-refractivity contribution is 14.0. The molecule has 0 amide bonds. The van der Waals surface area contributed by atoms with Crippen molar-refractivity contribution in [2.24, 2.45) is 10.9 Å². The molecule has 3 fully saturated rings. The average Bonchev–Trinajstić information content (AvgIpc) is 3.50. The zero-order chi connectivity index (χ0) is 21.5. The predicted octanol–water partition coefficient (Wildman–Crippen LogP) is 3.71. The molecule has 1 aromatic rings. The normalized spacial score (nSPS) is 23.8. The van der Waals surface area contributed by atoms with E-state index in [1.54, 1.807) is 7.11 Å². The van der Waals surface area contributed by atoms with Crippen LogP contribution in [0.3, 0.4) is 0 Å². The van der Waals surface area contributed by atoms with Crippen molar-refractivity contribution in [3.8, 4) is 5.75 Å². The summed E-state index contributed by atoms with van der Waals surface area (Å²) in [7, 11) is 3.62. The Labute approximate surface area is 211 Å². The second-order valence-electron chi connectivity index (χ2n) is 9.58. The van der Waals surface area contributed by atoms with E-state index in [0.717, 1.165) is 36.8 Å². The Hall–Kier alpha value is -1.06. The number of halogens is 1. The van der Waals surface area contributed by atoms with Gasteiger partial charge in [-0.3, -0.25) is 14.8 Å². The van der Waals surface area contributed by atoms with Crippen LogP contribution in [0.2, 0.25) is 0 Å². The molecule has 0 aromatic heterocycles. The number of nitrogens with zero attached hydrogens (tertiary/aromatic N) is 3. The molecule has 1 saturated carbocycles. The van der Waals surface area contributed by atoms with Gasteiger partial charge in [-0.15, -0.1) is 24.0 Å². The molecule has 4 rings (SSSR count).